The lowest BCUT2D eigenvalue weighted by molar-refractivity contribution is -0.140. The molecule has 5 nitrogen and oxygen atoms in total. The Morgan fingerprint density at radius 1 is 0.962 bits per heavy atom. The summed E-state index contributed by atoms with van der Waals surface area (Å²) in [5.41, 5.74) is 0.00275. The van der Waals surface area contributed by atoms with E-state index in [1.807, 2.05) is 12.2 Å². The van der Waals surface area contributed by atoms with Crippen molar-refractivity contribution in [3.8, 4) is 0 Å². The molecule has 6 aliphatic rings. The van der Waals surface area contributed by atoms with Crippen LogP contribution in [0.4, 0.5) is 0 Å². The summed E-state index contributed by atoms with van der Waals surface area (Å²) in [7, 11) is 0. The van der Waals surface area contributed by atoms with Crippen LogP contribution >= 0.6 is 0 Å². The third-order valence-corrected chi connectivity index (χ3v) is 7.60. The van der Waals surface area contributed by atoms with Gasteiger partial charge in [-0.05, 0) is 69.1 Å². The molecule has 2 atom stereocenters. The monoisotopic (exact) mass is 356 g/mol. The van der Waals surface area contributed by atoms with E-state index in [0.29, 0.717) is 12.8 Å². The number of likely N-dealkylation sites (tertiary alicyclic amines) is 1. The van der Waals surface area contributed by atoms with Crippen LogP contribution in [0.1, 0.15) is 57.8 Å². The minimum Gasteiger partial charge on any atom is -0.351 e. The first-order valence-electron chi connectivity index (χ1n) is 10.3. The highest BCUT2D eigenvalue weighted by molar-refractivity contribution is 6.05. The molecule has 0 aromatic rings. The summed E-state index contributed by atoms with van der Waals surface area (Å²) in [4.78, 5) is 39.0. The van der Waals surface area contributed by atoms with Gasteiger partial charge in [-0.15, -0.1) is 0 Å². The number of allylic oxidation sites excluding steroid dienone is 2. The predicted molar refractivity (Wildman–Crippen MR) is 95.7 cm³/mol. The Morgan fingerprint density at radius 3 is 1.96 bits per heavy atom. The summed E-state index contributed by atoms with van der Waals surface area (Å²) < 4.78 is 0. The molecule has 0 aromatic heterocycles. The van der Waals surface area contributed by atoms with Crippen molar-refractivity contribution in [1.29, 1.82) is 0 Å². The van der Waals surface area contributed by atoms with Crippen LogP contribution in [0.25, 0.3) is 0 Å². The van der Waals surface area contributed by atoms with Gasteiger partial charge in [0.15, 0.2) is 0 Å². The Balaban J connectivity index is 1.19. The maximum Gasteiger partial charge on any atom is 0.233 e. The fourth-order valence-electron chi connectivity index (χ4n) is 6.92. The summed E-state index contributed by atoms with van der Waals surface area (Å²) in [5, 5.41) is 3.34. The van der Waals surface area contributed by atoms with Crippen molar-refractivity contribution in [1.82, 2.24) is 10.2 Å². The maximum atomic E-state index is 12.6. The third kappa shape index (κ3) is 2.62. The summed E-state index contributed by atoms with van der Waals surface area (Å²) in [5.74, 6) is 1.84. The molecule has 5 fully saturated rings. The van der Waals surface area contributed by atoms with Crippen LogP contribution in [0.15, 0.2) is 12.2 Å². The number of hydrogen-bond donors (Lipinski definition) is 1. The molecule has 1 heterocycles. The lowest BCUT2D eigenvalue weighted by atomic mass is 9.53. The Morgan fingerprint density at radius 2 is 1.46 bits per heavy atom. The molecule has 4 saturated carbocycles. The molecular weight excluding hydrogens is 328 g/mol. The summed E-state index contributed by atoms with van der Waals surface area (Å²) in [6.07, 6.45) is 13.0. The van der Waals surface area contributed by atoms with Gasteiger partial charge in [-0.2, -0.15) is 0 Å². The number of rotatable bonds is 4. The van der Waals surface area contributed by atoms with Crippen LogP contribution in [0.2, 0.25) is 0 Å². The van der Waals surface area contributed by atoms with Gasteiger partial charge in [-0.3, -0.25) is 19.3 Å². The van der Waals surface area contributed by atoms with Gasteiger partial charge in [-0.1, -0.05) is 12.2 Å². The molecule has 0 radical (unpaired) electrons. The quantitative estimate of drug-likeness (QED) is 0.621. The second kappa shape index (κ2) is 5.93. The highest BCUT2D eigenvalue weighted by Crippen LogP contribution is 2.55. The van der Waals surface area contributed by atoms with E-state index in [1.54, 1.807) is 0 Å². The zero-order valence-corrected chi connectivity index (χ0v) is 15.3. The first-order valence-corrected chi connectivity index (χ1v) is 10.3. The molecule has 0 unspecified atom stereocenters. The highest BCUT2D eigenvalue weighted by Gasteiger charge is 2.52. The number of imide groups is 1. The lowest BCUT2D eigenvalue weighted by Gasteiger charge is -2.56. The van der Waals surface area contributed by atoms with Crippen molar-refractivity contribution in [2.45, 2.75) is 63.3 Å². The van der Waals surface area contributed by atoms with E-state index < -0.39 is 0 Å². The van der Waals surface area contributed by atoms with E-state index in [4.69, 9.17) is 0 Å². The number of amides is 3. The maximum absolute atomic E-state index is 12.6. The van der Waals surface area contributed by atoms with Crippen LogP contribution in [0, 0.1) is 29.6 Å². The van der Waals surface area contributed by atoms with Crippen molar-refractivity contribution < 1.29 is 14.4 Å². The third-order valence-electron chi connectivity index (χ3n) is 7.60. The number of fused-ring (bicyclic) bond motifs is 1. The topological polar surface area (TPSA) is 66.5 Å². The Labute approximate surface area is 154 Å². The largest absolute Gasteiger partial charge is 0.351 e. The van der Waals surface area contributed by atoms with E-state index in [9.17, 15) is 14.4 Å². The van der Waals surface area contributed by atoms with Gasteiger partial charge < -0.3 is 5.32 Å². The first kappa shape index (κ1) is 16.5. The van der Waals surface area contributed by atoms with Crippen LogP contribution in [0.3, 0.4) is 0 Å². The lowest BCUT2D eigenvalue weighted by Crippen LogP contribution is -2.60. The minimum atomic E-state index is -0.196. The predicted octanol–water partition coefficient (Wildman–Crippen LogP) is 2.41. The molecule has 1 aliphatic heterocycles. The van der Waals surface area contributed by atoms with Crippen molar-refractivity contribution in [2.24, 2.45) is 29.6 Å². The van der Waals surface area contributed by atoms with E-state index >= 15 is 0 Å². The van der Waals surface area contributed by atoms with E-state index in [2.05, 4.69) is 5.32 Å². The van der Waals surface area contributed by atoms with Gasteiger partial charge in [0.1, 0.15) is 0 Å². The fraction of sp³-hybridized carbons (Fsp3) is 0.762. The van der Waals surface area contributed by atoms with Gasteiger partial charge >= 0.3 is 0 Å². The molecule has 140 valence electrons. The molecule has 4 bridgehead atoms. The average molecular weight is 356 g/mol. The van der Waals surface area contributed by atoms with Crippen LogP contribution in [0.5, 0.6) is 0 Å². The van der Waals surface area contributed by atoms with E-state index in [-0.39, 0.29) is 48.1 Å². The van der Waals surface area contributed by atoms with Crippen LogP contribution in [-0.4, -0.2) is 34.7 Å². The molecule has 5 aliphatic carbocycles. The molecule has 0 spiro atoms. The number of hydrogen-bond acceptors (Lipinski definition) is 3. The van der Waals surface area contributed by atoms with Gasteiger partial charge in [0.2, 0.25) is 17.7 Å². The summed E-state index contributed by atoms with van der Waals surface area (Å²) in [6, 6.07) is 0. The van der Waals surface area contributed by atoms with Crippen molar-refractivity contribution in [3.63, 3.8) is 0 Å². The number of carbonyl (C=O) groups excluding carboxylic acids is 3. The molecule has 0 aromatic carbocycles. The minimum absolute atomic E-state index is 0.00275. The Bertz CT molecular complexity index is 621. The molecule has 1 saturated heterocycles. The molecule has 6 rings (SSSR count). The Hall–Kier alpha value is -1.65. The second-order valence-corrected chi connectivity index (χ2v) is 9.48. The molecule has 5 heteroatoms. The highest BCUT2D eigenvalue weighted by atomic mass is 16.2. The summed E-state index contributed by atoms with van der Waals surface area (Å²) >= 11 is 0. The Kier molecular flexibility index (Phi) is 3.77. The molecule has 26 heavy (non-hydrogen) atoms. The molecular formula is C21H28N2O3. The molecule has 3 amide bonds. The van der Waals surface area contributed by atoms with Crippen molar-refractivity contribution in [2.75, 3.05) is 6.54 Å². The normalized spacial score (nSPS) is 43.1. The van der Waals surface area contributed by atoms with Gasteiger partial charge in [0.05, 0.1) is 11.8 Å². The number of carbonyl (C=O) groups is 3. The van der Waals surface area contributed by atoms with Gasteiger partial charge in [-0.25, -0.2) is 0 Å². The van der Waals surface area contributed by atoms with E-state index in [1.165, 1.54) is 24.2 Å². The number of nitrogens with one attached hydrogen (secondary N) is 1. The zero-order valence-electron chi connectivity index (χ0n) is 15.3. The first-order chi connectivity index (χ1) is 12.5. The smallest absolute Gasteiger partial charge is 0.233 e. The average Bonchev–Trinajstić information content (AvgIpc) is 2.83. The number of nitrogens with zero attached hydrogens (tertiary/aromatic N) is 1. The van der Waals surface area contributed by atoms with Crippen molar-refractivity contribution >= 4 is 17.7 Å². The summed E-state index contributed by atoms with van der Waals surface area (Å²) in [6.45, 7) is 0.239. The zero-order chi connectivity index (χ0) is 17.9. The fourth-order valence-corrected chi connectivity index (χ4v) is 6.92. The van der Waals surface area contributed by atoms with Gasteiger partial charge in [0.25, 0.3) is 0 Å². The standard InChI is InChI=1S/C21H28N2O3/c24-18(22-21-10-13-7-14(11-21)9-15(8-13)12-21)5-6-23-19(25)16-3-1-2-4-17(16)20(23)26/h1-2,13-17H,3-12H2,(H,22,24)/t13?,14?,15?,16-,17+,21?. The molecule has 1 N–H and O–H groups in total. The van der Waals surface area contributed by atoms with Gasteiger partial charge in [0, 0.05) is 18.5 Å². The van der Waals surface area contributed by atoms with Crippen molar-refractivity contribution in [3.05, 3.63) is 12.2 Å². The van der Waals surface area contributed by atoms with E-state index in [0.717, 1.165) is 37.0 Å². The second-order valence-electron chi connectivity index (χ2n) is 9.48. The van der Waals surface area contributed by atoms with Crippen LogP contribution < -0.4 is 5.32 Å². The SMILES string of the molecule is O=C(CCN1C(=O)[C@H]2CC=CC[C@H]2C1=O)NC12CC3CC(CC(C3)C1)C2. The van der Waals surface area contributed by atoms with Crippen LogP contribution in [-0.2, 0) is 14.4 Å².